The molecule has 0 aromatic carbocycles. The van der Waals surface area contributed by atoms with Crippen LogP contribution in [0.3, 0.4) is 0 Å². The summed E-state index contributed by atoms with van der Waals surface area (Å²) in [5.74, 6) is 0.270. The number of anilines is 1. The molecule has 1 atom stereocenters. The zero-order valence-electron chi connectivity index (χ0n) is 8.93. The minimum absolute atomic E-state index is 0.0217. The van der Waals surface area contributed by atoms with E-state index >= 15 is 0 Å². The average molecular weight is 214 g/mol. The Balaban J connectivity index is 2.71. The molecular formula is C8H14N4O3. The van der Waals surface area contributed by atoms with Crippen molar-refractivity contribution in [3.8, 4) is 0 Å². The molecule has 1 aromatic heterocycles. The predicted molar refractivity (Wildman–Crippen MR) is 54.8 cm³/mol. The standard InChI is InChI=1S/C8H14N4O3/c1-6(15-3)4-9-8-7(12(13)14)5-11(2)10-8/h5-6H,4H2,1-3H3,(H,9,10). The number of aromatic nitrogens is 2. The van der Waals surface area contributed by atoms with Crippen molar-refractivity contribution in [2.75, 3.05) is 19.0 Å². The SMILES string of the molecule is COC(C)CNc1nn(C)cc1[N+](=O)[O-]. The van der Waals surface area contributed by atoms with Crippen molar-refractivity contribution in [2.45, 2.75) is 13.0 Å². The van der Waals surface area contributed by atoms with Crippen molar-refractivity contribution in [3.05, 3.63) is 16.3 Å². The van der Waals surface area contributed by atoms with Crippen molar-refractivity contribution in [1.82, 2.24) is 9.78 Å². The normalized spacial score (nSPS) is 12.5. The average Bonchev–Trinajstić information content (AvgIpc) is 2.56. The third-order valence-corrected chi connectivity index (χ3v) is 1.97. The molecule has 1 aromatic rings. The van der Waals surface area contributed by atoms with Crippen LogP contribution in [-0.2, 0) is 11.8 Å². The number of aryl methyl sites for hydroxylation is 1. The summed E-state index contributed by atoms with van der Waals surface area (Å²) in [6.07, 6.45) is 1.34. The molecule has 0 amide bonds. The Bertz CT molecular complexity index is 350. The van der Waals surface area contributed by atoms with Crippen LogP contribution in [0.25, 0.3) is 0 Å². The Morgan fingerprint density at radius 1 is 1.80 bits per heavy atom. The van der Waals surface area contributed by atoms with Gasteiger partial charge in [-0.15, -0.1) is 5.10 Å². The highest BCUT2D eigenvalue weighted by molar-refractivity contribution is 5.54. The third-order valence-electron chi connectivity index (χ3n) is 1.97. The van der Waals surface area contributed by atoms with E-state index in [-0.39, 0.29) is 17.6 Å². The lowest BCUT2D eigenvalue weighted by molar-refractivity contribution is -0.384. The number of nitro groups is 1. The van der Waals surface area contributed by atoms with E-state index in [2.05, 4.69) is 10.4 Å². The number of hydrogen-bond donors (Lipinski definition) is 1. The molecule has 0 bridgehead atoms. The smallest absolute Gasteiger partial charge is 0.330 e. The van der Waals surface area contributed by atoms with Crippen LogP contribution in [0.4, 0.5) is 11.5 Å². The van der Waals surface area contributed by atoms with Gasteiger partial charge in [0.2, 0.25) is 5.82 Å². The molecule has 1 N–H and O–H groups in total. The lowest BCUT2D eigenvalue weighted by Gasteiger charge is -2.09. The summed E-state index contributed by atoms with van der Waals surface area (Å²) in [7, 11) is 3.22. The van der Waals surface area contributed by atoms with Gasteiger partial charge in [-0.1, -0.05) is 0 Å². The van der Waals surface area contributed by atoms with Crippen LogP contribution in [0, 0.1) is 10.1 Å². The molecule has 0 saturated heterocycles. The second kappa shape index (κ2) is 4.74. The van der Waals surface area contributed by atoms with Gasteiger partial charge in [-0.3, -0.25) is 14.8 Å². The van der Waals surface area contributed by atoms with Crippen LogP contribution in [0.15, 0.2) is 6.20 Å². The van der Waals surface area contributed by atoms with Crippen LogP contribution in [-0.4, -0.2) is 34.5 Å². The first-order valence-corrected chi connectivity index (χ1v) is 4.49. The topological polar surface area (TPSA) is 82.2 Å². The van der Waals surface area contributed by atoms with Gasteiger partial charge < -0.3 is 10.1 Å². The number of nitrogens with one attached hydrogen (secondary N) is 1. The highest BCUT2D eigenvalue weighted by atomic mass is 16.6. The molecule has 0 saturated carbocycles. The zero-order valence-corrected chi connectivity index (χ0v) is 8.93. The molecule has 15 heavy (non-hydrogen) atoms. The van der Waals surface area contributed by atoms with E-state index in [1.54, 1.807) is 14.2 Å². The summed E-state index contributed by atoms with van der Waals surface area (Å²) in [4.78, 5) is 10.2. The molecule has 0 fully saturated rings. The van der Waals surface area contributed by atoms with E-state index in [4.69, 9.17) is 4.74 Å². The number of hydrogen-bond acceptors (Lipinski definition) is 5. The quantitative estimate of drug-likeness (QED) is 0.578. The van der Waals surface area contributed by atoms with Gasteiger partial charge in [0.1, 0.15) is 6.20 Å². The van der Waals surface area contributed by atoms with Crippen molar-refractivity contribution in [3.63, 3.8) is 0 Å². The summed E-state index contributed by atoms with van der Waals surface area (Å²) in [6.45, 7) is 2.34. The Morgan fingerprint density at radius 2 is 2.47 bits per heavy atom. The molecule has 0 radical (unpaired) electrons. The van der Waals surface area contributed by atoms with E-state index in [1.165, 1.54) is 10.9 Å². The van der Waals surface area contributed by atoms with Crippen LogP contribution in [0.1, 0.15) is 6.92 Å². The fourth-order valence-electron chi connectivity index (χ4n) is 1.06. The Morgan fingerprint density at radius 3 is 3.00 bits per heavy atom. The van der Waals surface area contributed by atoms with E-state index in [0.717, 1.165) is 0 Å². The van der Waals surface area contributed by atoms with Gasteiger partial charge in [0.25, 0.3) is 0 Å². The number of methoxy groups -OCH3 is 1. The maximum absolute atomic E-state index is 10.6. The lowest BCUT2D eigenvalue weighted by atomic mass is 10.4. The number of nitrogens with zero attached hydrogens (tertiary/aromatic N) is 3. The van der Waals surface area contributed by atoms with E-state index in [9.17, 15) is 10.1 Å². The van der Waals surface area contributed by atoms with Gasteiger partial charge in [0.05, 0.1) is 11.0 Å². The molecule has 7 nitrogen and oxygen atoms in total. The fraction of sp³-hybridized carbons (Fsp3) is 0.625. The molecule has 0 aliphatic heterocycles. The summed E-state index contributed by atoms with van der Waals surface area (Å²) >= 11 is 0. The first-order chi connectivity index (χ1) is 7.04. The van der Waals surface area contributed by atoms with Crippen LogP contribution in [0.5, 0.6) is 0 Å². The van der Waals surface area contributed by atoms with E-state index in [0.29, 0.717) is 6.54 Å². The molecule has 7 heteroatoms. The van der Waals surface area contributed by atoms with Crippen LogP contribution >= 0.6 is 0 Å². The minimum atomic E-state index is -0.465. The largest absolute Gasteiger partial charge is 0.380 e. The van der Waals surface area contributed by atoms with Crippen molar-refractivity contribution >= 4 is 11.5 Å². The maximum Gasteiger partial charge on any atom is 0.330 e. The van der Waals surface area contributed by atoms with Crippen molar-refractivity contribution in [1.29, 1.82) is 0 Å². The predicted octanol–water partition coefficient (Wildman–Crippen LogP) is 0.775. The van der Waals surface area contributed by atoms with Crippen LogP contribution < -0.4 is 5.32 Å². The van der Waals surface area contributed by atoms with Crippen LogP contribution in [0.2, 0.25) is 0 Å². The minimum Gasteiger partial charge on any atom is -0.380 e. The number of rotatable bonds is 5. The Kier molecular flexibility index (Phi) is 3.62. The van der Waals surface area contributed by atoms with E-state index in [1.807, 2.05) is 6.92 Å². The summed E-state index contributed by atoms with van der Waals surface area (Å²) < 4.78 is 6.41. The van der Waals surface area contributed by atoms with Crippen molar-refractivity contribution < 1.29 is 9.66 Å². The summed E-state index contributed by atoms with van der Waals surface area (Å²) in [5.41, 5.74) is -0.0270. The molecule has 0 aliphatic carbocycles. The number of ether oxygens (including phenoxy) is 1. The Hall–Kier alpha value is -1.63. The van der Waals surface area contributed by atoms with Gasteiger partial charge in [0.15, 0.2) is 0 Å². The van der Waals surface area contributed by atoms with Crippen molar-refractivity contribution in [2.24, 2.45) is 7.05 Å². The molecule has 1 unspecified atom stereocenters. The lowest BCUT2D eigenvalue weighted by Crippen LogP contribution is -2.18. The first kappa shape index (κ1) is 11.4. The second-order valence-electron chi connectivity index (χ2n) is 3.22. The molecule has 1 rings (SSSR count). The zero-order chi connectivity index (χ0) is 11.4. The van der Waals surface area contributed by atoms with E-state index < -0.39 is 4.92 Å². The summed E-state index contributed by atoms with van der Waals surface area (Å²) in [5, 5.41) is 17.4. The van der Waals surface area contributed by atoms with Gasteiger partial charge in [0, 0.05) is 20.7 Å². The maximum atomic E-state index is 10.6. The molecule has 0 aliphatic rings. The highest BCUT2D eigenvalue weighted by Gasteiger charge is 2.18. The molecular weight excluding hydrogens is 200 g/mol. The highest BCUT2D eigenvalue weighted by Crippen LogP contribution is 2.21. The monoisotopic (exact) mass is 214 g/mol. The fourth-order valence-corrected chi connectivity index (χ4v) is 1.06. The van der Waals surface area contributed by atoms with Gasteiger partial charge >= 0.3 is 5.69 Å². The van der Waals surface area contributed by atoms with Gasteiger partial charge in [-0.05, 0) is 6.92 Å². The molecule has 0 spiro atoms. The Labute approximate surface area is 87.2 Å². The molecule has 1 heterocycles. The molecule has 84 valence electrons. The van der Waals surface area contributed by atoms with Gasteiger partial charge in [-0.25, -0.2) is 0 Å². The summed E-state index contributed by atoms with van der Waals surface area (Å²) in [6, 6.07) is 0. The van der Waals surface area contributed by atoms with Gasteiger partial charge in [-0.2, -0.15) is 0 Å². The second-order valence-corrected chi connectivity index (χ2v) is 3.22. The first-order valence-electron chi connectivity index (χ1n) is 4.49. The third kappa shape index (κ3) is 2.91.